The number of cyclic esters (lactones) is 2. The first kappa shape index (κ1) is 53.9. The summed E-state index contributed by atoms with van der Waals surface area (Å²) >= 11 is 0. The first-order valence-electron chi connectivity index (χ1n) is 25.3. The molecule has 17 heteroatoms. The summed E-state index contributed by atoms with van der Waals surface area (Å²) in [7, 11) is 0. The van der Waals surface area contributed by atoms with Gasteiger partial charge in [0.15, 0.2) is 0 Å². The van der Waals surface area contributed by atoms with Crippen molar-refractivity contribution in [2.75, 3.05) is 52.9 Å². The Morgan fingerprint density at radius 1 is 0.547 bits per heavy atom. The molecule has 0 N–H and O–H groups in total. The van der Waals surface area contributed by atoms with Crippen molar-refractivity contribution in [3.8, 4) is 22.3 Å². The maximum atomic E-state index is 13.9. The van der Waals surface area contributed by atoms with Gasteiger partial charge in [0.1, 0.15) is 49.3 Å². The highest BCUT2D eigenvalue weighted by Gasteiger charge is 2.32. The Labute approximate surface area is 433 Å². The normalized spacial score (nSPS) is 18.1. The number of halogens is 2. The Morgan fingerprint density at radius 2 is 0.907 bits per heavy atom. The molecule has 2 aliphatic rings. The zero-order valence-corrected chi connectivity index (χ0v) is 42.5. The van der Waals surface area contributed by atoms with Crippen molar-refractivity contribution in [3.63, 3.8) is 0 Å². The zero-order valence-electron chi connectivity index (χ0n) is 42.5. The third-order valence-corrected chi connectivity index (χ3v) is 12.6. The van der Waals surface area contributed by atoms with Crippen molar-refractivity contribution in [2.45, 2.75) is 89.9 Å². The molecule has 0 bridgehead atoms. The summed E-state index contributed by atoms with van der Waals surface area (Å²) in [4.78, 5) is 50.3. The van der Waals surface area contributed by atoms with Crippen LogP contribution in [-0.2, 0) is 52.2 Å². The summed E-state index contributed by atoms with van der Waals surface area (Å²) < 4.78 is 81.2. The molecule has 0 radical (unpaired) electrons. The van der Waals surface area contributed by atoms with E-state index in [0.29, 0.717) is 0 Å². The molecule has 0 amide bonds. The number of esters is 2. The van der Waals surface area contributed by atoms with Crippen LogP contribution >= 0.6 is 0 Å². The highest BCUT2D eigenvalue weighted by Crippen LogP contribution is 2.40. The third-order valence-electron chi connectivity index (χ3n) is 12.6. The summed E-state index contributed by atoms with van der Waals surface area (Å²) in [5.74, 6) is -1.68. The van der Waals surface area contributed by atoms with Crippen molar-refractivity contribution < 1.29 is 70.6 Å². The maximum Gasteiger partial charge on any atom is 0.508 e. The van der Waals surface area contributed by atoms with Crippen molar-refractivity contribution in [2.24, 2.45) is 0 Å². The fourth-order valence-corrected chi connectivity index (χ4v) is 9.50. The molecule has 8 rings (SSSR count). The van der Waals surface area contributed by atoms with Crippen LogP contribution in [0.2, 0.25) is 0 Å². The number of aromatic nitrogens is 2. The highest BCUT2D eigenvalue weighted by atomic mass is 19.1. The minimum absolute atomic E-state index is 0.0779. The second kappa shape index (κ2) is 25.7. The lowest BCUT2D eigenvalue weighted by Crippen LogP contribution is -2.34. The molecule has 2 aliphatic heterocycles. The smallest absolute Gasteiger partial charge is 0.458 e. The van der Waals surface area contributed by atoms with Gasteiger partial charge in [-0.05, 0) is 99.5 Å². The summed E-state index contributed by atoms with van der Waals surface area (Å²) in [5, 5.41) is 2.01. The monoisotopic (exact) mass is 1030 g/mol. The quantitative estimate of drug-likeness (QED) is 0.0359. The maximum absolute atomic E-state index is 13.9. The standard InChI is InChI=1S/C58H62F2N2O13/c1-37(2)61-49-11-7-5-9-47(49)55(39-13-17-41(59)18-14-39)51(61)23-21-43-33-45(35-53(63)72-43)74-57(65)70-31-29-68-27-25-67-26-28-69-30-32-71-58(66)75-46-34-44(73-54(64)36-46)22-24-52-56(40-15-19-42(60)20-16-40)48-10-6-8-12-50(48)62(52)38(3)4/h5-24,37-38,43-46H,25-36H2,1-4H3/b23-21+,24-22+. The van der Waals surface area contributed by atoms with E-state index >= 15 is 0 Å². The Bertz CT molecular complexity index is 2780. The average Bonchev–Trinajstić information content (AvgIpc) is 3.90. The molecule has 75 heavy (non-hydrogen) atoms. The number of carbonyl (C=O) groups excluding carboxylic acids is 4. The van der Waals surface area contributed by atoms with Gasteiger partial charge >= 0.3 is 24.2 Å². The molecule has 15 nitrogen and oxygen atoms in total. The molecule has 396 valence electrons. The molecule has 6 aromatic rings. The summed E-state index contributed by atoms with van der Waals surface area (Å²) in [6, 6.07) is 28.9. The average molecular weight is 1030 g/mol. The first-order valence-corrected chi connectivity index (χ1v) is 25.3. The molecule has 4 heterocycles. The van der Waals surface area contributed by atoms with Crippen molar-refractivity contribution >= 4 is 58.2 Å². The number of nitrogens with zero attached hydrogens (tertiary/aromatic N) is 2. The molecule has 2 aromatic heterocycles. The van der Waals surface area contributed by atoms with E-state index in [1.807, 2.05) is 60.7 Å². The van der Waals surface area contributed by atoms with Gasteiger partial charge in [-0.25, -0.2) is 18.4 Å². The SMILES string of the molecule is CC(C)n1c(/C=C/C2CC(OC(=O)OCCOCCOCCOCCOC(=O)OC3CC(=O)OC(/C=C/c4c(-c5ccc(F)cc5)c5ccccc5n4C(C)C)C3)CC(=O)O2)c(-c2ccc(F)cc2)c2ccccc21. The molecule has 4 aromatic carbocycles. The second-order valence-electron chi connectivity index (χ2n) is 18.7. The Balaban J connectivity index is 0.689. The van der Waals surface area contributed by atoms with E-state index in [1.54, 1.807) is 36.4 Å². The summed E-state index contributed by atoms with van der Waals surface area (Å²) in [6.45, 7) is 9.27. The number of fused-ring (bicyclic) bond motifs is 2. The van der Waals surface area contributed by atoms with Gasteiger partial charge in [-0.3, -0.25) is 9.59 Å². The fourth-order valence-electron chi connectivity index (χ4n) is 9.50. The van der Waals surface area contributed by atoms with Gasteiger partial charge in [0.2, 0.25) is 0 Å². The number of rotatable bonds is 22. The predicted molar refractivity (Wildman–Crippen MR) is 277 cm³/mol. The van der Waals surface area contributed by atoms with E-state index in [4.69, 9.17) is 42.6 Å². The van der Waals surface area contributed by atoms with Crippen LogP contribution in [0.5, 0.6) is 0 Å². The van der Waals surface area contributed by atoms with E-state index in [9.17, 15) is 28.0 Å². The van der Waals surface area contributed by atoms with Crippen LogP contribution in [-0.4, -0.2) is 111 Å². The van der Waals surface area contributed by atoms with E-state index in [1.165, 1.54) is 24.3 Å². The van der Waals surface area contributed by atoms with Gasteiger partial charge in [-0.15, -0.1) is 0 Å². The first-order chi connectivity index (χ1) is 36.3. The third kappa shape index (κ3) is 14.1. The lowest BCUT2D eigenvalue weighted by Gasteiger charge is -2.26. The summed E-state index contributed by atoms with van der Waals surface area (Å²) in [5.41, 5.74) is 7.30. The lowest BCUT2D eigenvalue weighted by molar-refractivity contribution is -0.158. The van der Waals surface area contributed by atoms with Gasteiger partial charge in [-0.2, -0.15) is 0 Å². The number of benzene rings is 4. The fraction of sp³-hybridized carbons (Fsp3) is 0.379. The predicted octanol–water partition coefficient (Wildman–Crippen LogP) is 11.6. The molecule has 2 fully saturated rings. The van der Waals surface area contributed by atoms with Gasteiger partial charge in [0.25, 0.3) is 0 Å². The van der Waals surface area contributed by atoms with Gasteiger partial charge in [0.05, 0.1) is 52.5 Å². The van der Waals surface area contributed by atoms with Crippen molar-refractivity contribution in [1.29, 1.82) is 0 Å². The summed E-state index contributed by atoms with van der Waals surface area (Å²) in [6.07, 6.45) is 2.92. The Morgan fingerprint density at radius 3 is 1.28 bits per heavy atom. The number of para-hydroxylation sites is 2. The van der Waals surface area contributed by atoms with Crippen LogP contribution in [0.25, 0.3) is 56.2 Å². The molecule has 4 unspecified atom stereocenters. The van der Waals surface area contributed by atoms with E-state index in [2.05, 4.69) is 36.8 Å². The molecule has 2 saturated heterocycles. The van der Waals surface area contributed by atoms with E-state index in [-0.39, 0.29) is 102 Å². The lowest BCUT2D eigenvalue weighted by atomic mass is 10.0. The van der Waals surface area contributed by atoms with E-state index < -0.39 is 48.7 Å². The number of ether oxygens (including phenoxy) is 9. The van der Waals surface area contributed by atoms with Gasteiger partial charge in [-0.1, -0.05) is 60.7 Å². The molecule has 0 saturated carbocycles. The molecular weight excluding hydrogens is 971 g/mol. The van der Waals surface area contributed by atoms with Crippen molar-refractivity contribution in [1.82, 2.24) is 9.13 Å². The van der Waals surface area contributed by atoms with Crippen LogP contribution < -0.4 is 0 Å². The van der Waals surface area contributed by atoms with Crippen LogP contribution in [0, 0.1) is 11.6 Å². The Kier molecular flexibility index (Phi) is 18.5. The minimum atomic E-state index is -0.927. The minimum Gasteiger partial charge on any atom is -0.458 e. The van der Waals surface area contributed by atoms with Crippen LogP contribution in [0.3, 0.4) is 0 Å². The Hall–Kier alpha value is -7.34. The molecule has 0 spiro atoms. The second-order valence-corrected chi connectivity index (χ2v) is 18.7. The van der Waals surface area contributed by atoms with Gasteiger partial charge < -0.3 is 51.8 Å². The topological polar surface area (TPSA) is 161 Å². The number of carbonyl (C=O) groups is 4. The highest BCUT2D eigenvalue weighted by molar-refractivity contribution is 6.02. The van der Waals surface area contributed by atoms with Crippen LogP contribution in [0.4, 0.5) is 18.4 Å². The molecule has 4 atom stereocenters. The number of hydrogen-bond acceptors (Lipinski definition) is 13. The van der Waals surface area contributed by atoms with Crippen LogP contribution in [0.1, 0.15) is 76.8 Å². The number of hydrogen-bond donors (Lipinski definition) is 0. The molecule has 0 aliphatic carbocycles. The molecular formula is C58H62F2N2O13. The van der Waals surface area contributed by atoms with Crippen LogP contribution in [0.15, 0.2) is 109 Å². The van der Waals surface area contributed by atoms with E-state index in [0.717, 1.165) is 55.4 Å². The van der Waals surface area contributed by atoms with Gasteiger partial charge in [0, 0.05) is 69.2 Å². The largest absolute Gasteiger partial charge is 0.508 e. The van der Waals surface area contributed by atoms with Crippen molar-refractivity contribution in [3.05, 3.63) is 132 Å². The zero-order chi connectivity index (χ0) is 52.8.